The third kappa shape index (κ3) is 2.22. The van der Waals surface area contributed by atoms with Gasteiger partial charge < -0.3 is 10.6 Å². The number of non-ortho nitro benzene ring substituents is 1. The third-order valence-electron chi connectivity index (χ3n) is 4.94. The molecule has 2 aromatic rings. The molecule has 2 heterocycles. The molecule has 0 radical (unpaired) electrons. The number of nitro groups is 1. The van der Waals surface area contributed by atoms with Gasteiger partial charge in [-0.3, -0.25) is 15.1 Å². The molecule has 6 heteroatoms. The van der Waals surface area contributed by atoms with E-state index in [0.717, 1.165) is 29.1 Å². The molecule has 3 unspecified atom stereocenters. The number of aromatic nitrogens is 1. The van der Waals surface area contributed by atoms with E-state index in [1.165, 1.54) is 0 Å². The van der Waals surface area contributed by atoms with Gasteiger partial charge in [0, 0.05) is 31.3 Å². The summed E-state index contributed by atoms with van der Waals surface area (Å²) < 4.78 is 0. The van der Waals surface area contributed by atoms with Crippen LogP contribution in [-0.2, 0) is 0 Å². The Kier molecular flexibility index (Phi) is 3.45. The molecule has 24 heavy (non-hydrogen) atoms. The van der Waals surface area contributed by atoms with Crippen molar-refractivity contribution in [1.29, 1.82) is 0 Å². The highest BCUT2D eigenvalue weighted by atomic mass is 16.6. The van der Waals surface area contributed by atoms with E-state index in [2.05, 4.69) is 27.8 Å². The van der Waals surface area contributed by atoms with Crippen LogP contribution in [0.4, 0.5) is 17.1 Å². The Morgan fingerprint density at radius 2 is 2.25 bits per heavy atom. The molecule has 122 valence electrons. The van der Waals surface area contributed by atoms with E-state index in [-0.39, 0.29) is 22.6 Å². The molecule has 1 aliphatic carbocycles. The van der Waals surface area contributed by atoms with Gasteiger partial charge >= 0.3 is 0 Å². The third-order valence-corrected chi connectivity index (χ3v) is 4.94. The van der Waals surface area contributed by atoms with Crippen molar-refractivity contribution in [3.8, 4) is 0 Å². The van der Waals surface area contributed by atoms with Gasteiger partial charge in [-0.05, 0) is 30.0 Å². The molecule has 2 N–H and O–H groups in total. The topological polar surface area (TPSA) is 80.1 Å². The van der Waals surface area contributed by atoms with E-state index in [0.29, 0.717) is 5.92 Å². The standard InChI is InChI=1S/C18H18N4O2/c1-19-16-10-11(22(23)24)9-14-12-5-4-6-13(12)17(21-18(14)16)15-7-2-3-8-20-15/h2-5,7-10,12-13,17,19,21H,6H2,1H3. The first kappa shape index (κ1) is 14.7. The molecule has 0 spiro atoms. The summed E-state index contributed by atoms with van der Waals surface area (Å²) in [6.07, 6.45) is 7.08. The maximum absolute atomic E-state index is 11.3. The molecule has 1 aromatic heterocycles. The fourth-order valence-corrected chi connectivity index (χ4v) is 3.84. The lowest BCUT2D eigenvalue weighted by atomic mass is 9.77. The zero-order valence-electron chi connectivity index (χ0n) is 13.3. The number of benzene rings is 1. The lowest BCUT2D eigenvalue weighted by Crippen LogP contribution is -2.30. The second-order valence-electron chi connectivity index (χ2n) is 6.19. The fourth-order valence-electron chi connectivity index (χ4n) is 3.84. The van der Waals surface area contributed by atoms with Gasteiger partial charge in [0.15, 0.2) is 0 Å². The van der Waals surface area contributed by atoms with Crippen molar-refractivity contribution in [1.82, 2.24) is 4.98 Å². The van der Waals surface area contributed by atoms with Gasteiger partial charge in [0.25, 0.3) is 5.69 Å². The summed E-state index contributed by atoms with van der Waals surface area (Å²) in [5.74, 6) is 0.486. The van der Waals surface area contributed by atoms with E-state index in [4.69, 9.17) is 0 Å². The van der Waals surface area contributed by atoms with Crippen molar-refractivity contribution in [2.24, 2.45) is 5.92 Å². The monoisotopic (exact) mass is 322 g/mol. The number of nitrogens with zero attached hydrogens (tertiary/aromatic N) is 2. The molecule has 0 amide bonds. The van der Waals surface area contributed by atoms with E-state index in [9.17, 15) is 10.1 Å². The van der Waals surface area contributed by atoms with Crippen LogP contribution >= 0.6 is 0 Å². The van der Waals surface area contributed by atoms with Crippen LogP contribution in [-0.4, -0.2) is 17.0 Å². The maximum atomic E-state index is 11.3. The first-order chi connectivity index (χ1) is 11.7. The molecule has 0 saturated heterocycles. The van der Waals surface area contributed by atoms with E-state index >= 15 is 0 Å². The molecule has 0 fully saturated rings. The fraction of sp³-hybridized carbons (Fsp3) is 0.278. The lowest BCUT2D eigenvalue weighted by molar-refractivity contribution is -0.384. The average Bonchev–Trinajstić information content (AvgIpc) is 3.10. The number of rotatable bonds is 3. The largest absolute Gasteiger partial charge is 0.386 e. The van der Waals surface area contributed by atoms with E-state index < -0.39 is 0 Å². The number of allylic oxidation sites excluding steroid dienone is 2. The Morgan fingerprint density at radius 3 is 2.96 bits per heavy atom. The molecule has 1 aliphatic heterocycles. The van der Waals surface area contributed by atoms with Gasteiger partial charge in [0.05, 0.1) is 28.0 Å². The van der Waals surface area contributed by atoms with Crippen molar-refractivity contribution in [3.63, 3.8) is 0 Å². The molecule has 6 nitrogen and oxygen atoms in total. The molecular formula is C18H18N4O2. The van der Waals surface area contributed by atoms with Crippen LogP contribution < -0.4 is 10.6 Å². The predicted molar refractivity (Wildman–Crippen MR) is 93.2 cm³/mol. The average molecular weight is 322 g/mol. The molecule has 4 rings (SSSR count). The predicted octanol–water partition coefficient (Wildman–Crippen LogP) is 3.86. The lowest BCUT2D eigenvalue weighted by Gasteiger charge is -2.37. The van der Waals surface area contributed by atoms with Gasteiger partial charge in [-0.2, -0.15) is 0 Å². The van der Waals surface area contributed by atoms with Gasteiger partial charge in [0.1, 0.15) is 0 Å². The van der Waals surface area contributed by atoms with Crippen LogP contribution in [0, 0.1) is 16.0 Å². The van der Waals surface area contributed by atoms with E-state index in [1.54, 1.807) is 25.4 Å². The quantitative estimate of drug-likeness (QED) is 0.509. The summed E-state index contributed by atoms with van der Waals surface area (Å²) in [6.45, 7) is 0. The highest BCUT2D eigenvalue weighted by Gasteiger charge is 2.40. The van der Waals surface area contributed by atoms with Gasteiger partial charge in [0.2, 0.25) is 0 Å². The van der Waals surface area contributed by atoms with Crippen LogP contribution in [0.25, 0.3) is 0 Å². The van der Waals surface area contributed by atoms with Gasteiger partial charge in [-0.25, -0.2) is 0 Å². The van der Waals surface area contributed by atoms with Crippen LogP contribution in [0.5, 0.6) is 0 Å². The van der Waals surface area contributed by atoms with Crippen molar-refractivity contribution >= 4 is 17.1 Å². The first-order valence-corrected chi connectivity index (χ1v) is 8.03. The van der Waals surface area contributed by atoms with Crippen LogP contribution in [0.2, 0.25) is 0 Å². The van der Waals surface area contributed by atoms with Crippen molar-refractivity contribution in [2.75, 3.05) is 17.7 Å². The smallest absolute Gasteiger partial charge is 0.271 e. The summed E-state index contributed by atoms with van der Waals surface area (Å²) >= 11 is 0. The van der Waals surface area contributed by atoms with Crippen molar-refractivity contribution < 1.29 is 4.92 Å². The number of nitro benzene ring substituents is 1. The van der Waals surface area contributed by atoms with Gasteiger partial charge in [-0.15, -0.1) is 0 Å². The minimum atomic E-state index is -0.334. The number of fused-ring (bicyclic) bond motifs is 3. The van der Waals surface area contributed by atoms with Crippen LogP contribution in [0.1, 0.15) is 29.6 Å². The molecule has 2 aliphatic rings. The Labute approximate surface area is 139 Å². The van der Waals surface area contributed by atoms with Crippen LogP contribution in [0.15, 0.2) is 48.7 Å². The van der Waals surface area contributed by atoms with Crippen LogP contribution in [0.3, 0.4) is 0 Å². The first-order valence-electron chi connectivity index (χ1n) is 8.03. The minimum Gasteiger partial charge on any atom is -0.386 e. The number of anilines is 2. The Bertz CT molecular complexity index is 819. The van der Waals surface area contributed by atoms with Crippen molar-refractivity contribution in [2.45, 2.75) is 18.4 Å². The number of nitrogens with one attached hydrogen (secondary N) is 2. The van der Waals surface area contributed by atoms with Crippen molar-refractivity contribution in [3.05, 3.63) is 70.1 Å². The van der Waals surface area contributed by atoms with E-state index in [1.807, 2.05) is 18.2 Å². The summed E-state index contributed by atoms with van der Waals surface area (Å²) in [6, 6.07) is 9.31. The SMILES string of the molecule is CNc1cc([N+](=O)[O-])cc2c1NC(c1ccccn1)C1CC=CC21. The molecule has 1 aromatic carbocycles. The second-order valence-corrected chi connectivity index (χ2v) is 6.19. The number of hydrogen-bond donors (Lipinski definition) is 2. The normalized spacial score (nSPS) is 24.0. The highest BCUT2D eigenvalue weighted by molar-refractivity contribution is 5.78. The maximum Gasteiger partial charge on any atom is 0.271 e. The Hall–Kier alpha value is -2.89. The molecule has 0 bridgehead atoms. The summed E-state index contributed by atoms with van der Waals surface area (Å²) in [7, 11) is 1.79. The number of pyridine rings is 1. The second kappa shape index (κ2) is 5.63. The van der Waals surface area contributed by atoms with Gasteiger partial charge in [-0.1, -0.05) is 18.2 Å². The zero-order valence-corrected chi connectivity index (χ0v) is 13.3. The highest BCUT2D eigenvalue weighted by Crippen LogP contribution is 2.52. The molecule has 3 atom stereocenters. The zero-order chi connectivity index (χ0) is 16.7. The molecular weight excluding hydrogens is 304 g/mol. The Morgan fingerprint density at radius 1 is 1.38 bits per heavy atom. The molecule has 0 saturated carbocycles. The minimum absolute atomic E-state index is 0.0901. The summed E-state index contributed by atoms with van der Waals surface area (Å²) in [5, 5.41) is 17.9. The summed E-state index contributed by atoms with van der Waals surface area (Å²) in [4.78, 5) is 15.4. The number of hydrogen-bond acceptors (Lipinski definition) is 5. The Balaban J connectivity index is 1.86. The summed E-state index contributed by atoms with van der Waals surface area (Å²) in [5.41, 5.74) is 3.79.